The van der Waals surface area contributed by atoms with Gasteiger partial charge in [-0.15, -0.1) is 0 Å². The molecule has 1 unspecified atom stereocenters. The van der Waals surface area contributed by atoms with Crippen molar-refractivity contribution in [3.63, 3.8) is 0 Å². The lowest BCUT2D eigenvalue weighted by molar-refractivity contribution is -0.390. The van der Waals surface area contributed by atoms with Gasteiger partial charge in [0.2, 0.25) is 0 Å². The molecular weight excluding hydrogens is 216 g/mol. The van der Waals surface area contributed by atoms with Crippen molar-refractivity contribution in [1.29, 1.82) is 0 Å². The van der Waals surface area contributed by atoms with E-state index in [1.165, 1.54) is 6.07 Å². The normalized spacial score (nSPS) is 20.9. The van der Waals surface area contributed by atoms with Crippen molar-refractivity contribution >= 4 is 5.82 Å². The second kappa shape index (κ2) is 5.04. The molecule has 7 heteroatoms. The van der Waals surface area contributed by atoms with Crippen LogP contribution in [0.3, 0.4) is 0 Å². The molecule has 0 bridgehead atoms. The molecular formula is C9H12N2O5. The Hall–Kier alpha value is -1.47. The summed E-state index contributed by atoms with van der Waals surface area (Å²) < 4.78 is 15.5. The van der Waals surface area contributed by atoms with Crippen LogP contribution >= 0.6 is 0 Å². The maximum absolute atomic E-state index is 10.3. The van der Waals surface area contributed by atoms with Crippen molar-refractivity contribution in [2.45, 2.75) is 32.2 Å². The van der Waals surface area contributed by atoms with Crippen LogP contribution in [0, 0.1) is 10.1 Å². The Kier molecular flexibility index (Phi) is 3.47. The van der Waals surface area contributed by atoms with E-state index >= 15 is 0 Å². The quantitative estimate of drug-likeness (QED) is 0.574. The Balaban J connectivity index is 1.81. The van der Waals surface area contributed by atoms with Gasteiger partial charge in [0.1, 0.15) is 6.61 Å². The highest BCUT2D eigenvalue weighted by molar-refractivity contribution is 5.17. The van der Waals surface area contributed by atoms with Crippen LogP contribution in [0.1, 0.15) is 25.0 Å². The minimum atomic E-state index is -0.607. The van der Waals surface area contributed by atoms with Crippen molar-refractivity contribution in [3.05, 3.63) is 21.9 Å². The number of ether oxygens (including phenoxy) is 2. The van der Waals surface area contributed by atoms with E-state index in [1.54, 1.807) is 0 Å². The zero-order chi connectivity index (χ0) is 11.4. The van der Waals surface area contributed by atoms with Crippen molar-refractivity contribution < 1.29 is 18.9 Å². The average molecular weight is 228 g/mol. The molecule has 88 valence electrons. The van der Waals surface area contributed by atoms with Crippen LogP contribution < -0.4 is 0 Å². The summed E-state index contributed by atoms with van der Waals surface area (Å²) in [6.45, 7) is 0.840. The standard InChI is InChI=1S/C9H12N2O5/c12-11(13)8-5-7(16-10-8)6-15-9-3-1-2-4-14-9/h5,9H,1-4,6H2. The number of hydrogen-bond donors (Lipinski definition) is 0. The first-order chi connectivity index (χ1) is 7.75. The molecule has 1 fully saturated rings. The zero-order valence-corrected chi connectivity index (χ0v) is 8.63. The summed E-state index contributed by atoms with van der Waals surface area (Å²) in [5.74, 6) is 0.0315. The lowest BCUT2D eigenvalue weighted by Gasteiger charge is -2.21. The molecule has 0 saturated carbocycles. The minimum Gasteiger partial charge on any atom is -0.358 e. The van der Waals surface area contributed by atoms with Gasteiger partial charge in [-0.2, -0.15) is 0 Å². The third kappa shape index (κ3) is 2.77. The predicted octanol–water partition coefficient (Wildman–Crippen LogP) is 1.63. The number of nitrogens with zero attached hydrogens (tertiary/aromatic N) is 2. The monoisotopic (exact) mass is 228 g/mol. The molecule has 0 aromatic carbocycles. The van der Waals surface area contributed by atoms with Crippen LogP contribution in [-0.4, -0.2) is 23.0 Å². The Morgan fingerprint density at radius 2 is 2.50 bits per heavy atom. The van der Waals surface area contributed by atoms with E-state index in [1.807, 2.05) is 0 Å². The Morgan fingerprint density at radius 3 is 3.12 bits per heavy atom. The van der Waals surface area contributed by atoms with E-state index in [-0.39, 0.29) is 18.7 Å². The molecule has 2 heterocycles. The van der Waals surface area contributed by atoms with E-state index in [4.69, 9.17) is 14.0 Å². The summed E-state index contributed by atoms with van der Waals surface area (Å²) >= 11 is 0. The van der Waals surface area contributed by atoms with Crippen LogP contribution in [0.5, 0.6) is 0 Å². The molecule has 0 aliphatic carbocycles. The highest BCUT2D eigenvalue weighted by Gasteiger charge is 2.18. The van der Waals surface area contributed by atoms with Crippen molar-refractivity contribution in [2.24, 2.45) is 0 Å². The van der Waals surface area contributed by atoms with Gasteiger partial charge < -0.3 is 19.6 Å². The van der Waals surface area contributed by atoms with E-state index in [0.29, 0.717) is 12.4 Å². The van der Waals surface area contributed by atoms with Gasteiger partial charge in [0.15, 0.2) is 17.2 Å². The number of nitro groups is 1. The van der Waals surface area contributed by atoms with Gasteiger partial charge >= 0.3 is 5.82 Å². The van der Waals surface area contributed by atoms with Gasteiger partial charge in [0, 0.05) is 6.61 Å². The molecule has 7 nitrogen and oxygen atoms in total. The lowest BCUT2D eigenvalue weighted by Crippen LogP contribution is -2.21. The van der Waals surface area contributed by atoms with Crippen molar-refractivity contribution in [1.82, 2.24) is 5.16 Å². The van der Waals surface area contributed by atoms with Crippen molar-refractivity contribution in [2.75, 3.05) is 6.61 Å². The smallest absolute Gasteiger partial charge is 0.358 e. The Labute approximate surface area is 91.5 Å². The van der Waals surface area contributed by atoms with E-state index < -0.39 is 4.92 Å². The summed E-state index contributed by atoms with van der Waals surface area (Å²) in [6, 6.07) is 1.25. The van der Waals surface area contributed by atoms with Crippen LogP contribution in [0.25, 0.3) is 0 Å². The molecule has 0 amide bonds. The summed E-state index contributed by atoms with van der Waals surface area (Å²) in [7, 11) is 0. The number of aromatic nitrogens is 1. The molecule has 1 aromatic heterocycles. The van der Waals surface area contributed by atoms with Crippen LogP contribution in [0.2, 0.25) is 0 Å². The first-order valence-electron chi connectivity index (χ1n) is 5.09. The second-order valence-electron chi connectivity index (χ2n) is 3.52. The largest absolute Gasteiger partial charge is 0.413 e. The molecule has 1 aliphatic heterocycles. The average Bonchev–Trinajstić information content (AvgIpc) is 2.76. The Bertz CT molecular complexity index is 359. The third-order valence-corrected chi connectivity index (χ3v) is 2.28. The molecule has 1 aliphatic rings. The fraction of sp³-hybridized carbons (Fsp3) is 0.667. The number of rotatable bonds is 4. The maximum atomic E-state index is 10.3. The summed E-state index contributed by atoms with van der Waals surface area (Å²) in [5.41, 5.74) is 0. The van der Waals surface area contributed by atoms with E-state index in [0.717, 1.165) is 19.3 Å². The molecule has 2 rings (SSSR count). The van der Waals surface area contributed by atoms with Crippen molar-refractivity contribution in [3.8, 4) is 0 Å². The Morgan fingerprint density at radius 1 is 1.62 bits per heavy atom. The van der Waals surface area contributed by atoms with Gasteiger partial charge in [-0.3, -0.25) is 4.52 Å². The van der Waals surface area contributed by atoms with Crippen LogP contribution in [0.15, 0.2) is 10.6 Å². The van der Waals surface area contributed by atoms with Gasteiger partial charge in [-0.05, 0) is 24.2 Å². The highest BCUT2D eigenvalue weighted by Crippen LogP contribution is 2.17. The van der Waals surface area contributed by atoms with Gasteiger partial charge in [0.25, 0.3) is 0 Å². The highest BCUT2D eigenvalue weighted by atomic mass is 16.7. The summed E-state index contributed by atoms with van der Waals surface area (Å²) in [6.07, 6.45) is 2.73. The minimum absolute atomic E-state index is 0.144. The van der Waals surface area contributed by atoms with E-state index in [2.05, 4.69) is 5.16 Å². The SMILES string of the molecule is O=[N+]([O-])c1cc(COC2CCCCO2)on1. The summed E-state index contributed by atoms with van der Waals surface area (Å²) in [4.78, 5) is 9.73. The zero-order valence-electron chi connectivity index (χ0n) is 8.63. The second-order valence-corrected chi connectivity index (χ2v) is 3.52. The molecule has 0 radical (unpaired) electrons. The first-order valence-corrected chi connectivity index (χ1v) is 5.09. The summed E-state index contributed by atoms with van der Waals surface area (Å²) in [5, 5.41) is 13.6. The molecule has 1 atom stereocenters. The van der Waals surface area contributed by atoms with E-state index in [9.17, 15) is 10.1 Å². The fourth-order valence-electron chi connectivity index (χ4n) is 1.47. The maximum Gasteiger partial charge on any atom is 0.413 e. The van der Waals surface area contributed by atoms with Gasteiger partial charge in [-0.25, -0.2) is 0 Å². The van der Waals surface area contributed by atoms with Gasteiger partial charge in [-0.1, -0.05) is 0 Å². The van der Waals surface area contributed by atoms with Gasteiger partial charge in [0.05, 0.1) is 6.07 Å². The molecule has 1 saturated heterocycles. The van der Waals surface area contributed by atoms with Crippen LogP contribution in [-0.2, 0) is 16.1 Å². The predicted molar refractivity (Wildman–Crippen MR) is 51.5 cm³/mol. The topological polar surface area (TPSA) is 87.6 Å². The fourth-order valence-corrected chi connectivity index (χ4v) is 1.47. The molecule has 0 N–H and O–H groups in total. The molecule has 16 heavy (non-hydrogen) atoms. The molecule has 1 aromatic rings. The number of hydrogen-bond acceptors (Lipinski definition) is 6. The lowest BCUT2D eigenvalue weighted by atomic mass is 10.2. The first kappa shape index (κ1) is 11.0. The van der Waals surface area contributed by atoms with Crippen LogP contribution in [0.4, 0.5) is 5.82 Å². The molecule has 0 spiro atoms. The third-order valence-electron chi connectivity index (χ3n) is 2.28.